The van der Waals surface area contributed by atoms with E-state index in [-0.39, 0.29) is 11.4 Å². The molecule has 16 heavy (non-hydrogen) atoms. The highest BCUT2D eigenvalue weighted by molar-refractivity contribution is 5.99. The molecule has 1 N–H and O–H groups in total. The molecule has 0 aliphatic rings. The van der Waals surface area contributed by atoms with Crippen LogP contribution in [-0.2, 0) is 4.74 Å². The van der Waals surface area contributed by atoms with E-state index < -0.39 is 5.97 Å². The molecule has 0 aliphatic heterocycles. The fraction of sp³-hybridized carbons (Fsp3) is 0.167. The first-order valence-electron chi connectivity index (χ1n) is 4.80. The number of ether oxygens (including phenoxy) is 1. The fourth-order valence-electron chi connectivity index (χ4n) is 1.62. The van der Waals surface area contributed by atoms with Gasteiger partial charge in [0.1, 0.15) is 0 Å². The summed E-state index contributed by atoms with van der Waals surface area (Å²) in [5.41, 5.74) is 0.942. The van der Waals surface area contributed by atoms with E-state index in [0.29, 0.717) is 5.39 Å². The molecule has 1 aromatic carbocycles. The molecule has 82 valence electrons. The van der Waals surface area contributed by atoms with Crippen molar-refractivity contribution in [1.29, 1.82) is 0 Å². The smallest absolute Gasteiger partial charge is 0.360 e. The zero-order valence-corrected chi connectivity index (χ0v) is 9.02. The molecule has 4 heteroatoms. The molecule has 0 radical (unpaired) electrons. The Morgan fingerprint density at radius 1 is 1.38 bits per heavy atom. The number of methoxy groups -OCH3 is 1. The molecule has 0 saturated carbocycles. The number of aromatic hydroxyl groups is 1. The van der Waals surface area contributed by atoms with E-state index in [0.717, 1.165) is 10.9 Å². The largest absolute Gasteiger partial charge is 0.505 e. The molecule has 0 fully saturated rings. The van der Waals surface area contributed by atoms with E-state index >= 15 is 0 Å². The monoisotopic (exact) mass is 217 g/mol. The fourth-order valence-corrected chi connectivity index (χ4v) is 1.62. The summed E-state index contributed by atoms with van der Waals surface area (Å²) in [5.74, 6) is -0.769. The highest BCUT2D eigenvalue weighted by atomic mass is 16.5. The first-order valence-corrected chi connectivity index (χ1v) is 4.80. The Morgan fingerprint density at radius 3 is 2.81 bits per heavy atom. The van der Waals surface area contributed by atoms with E-state index in [1.807, 2.05) is 19.1 Å². The van der Waals surface area contributed by atoms with Gasteiger partial charge in [-0.1, -0.05) is 18.2 Å². The van der Waals surface area contributed by atoms with Gasteiger partial charge in [-0.2, -0.15) is 0 Å². The minimum absolute atomic E-state index is 0.0550. The van der Waals surface area contributed by atoms with Gasteiger partial charge in [-0.15, -0.1) is 0 Å². The number of nitrogens with zero attached hydrogens (tertiary/aromatic N) is 1. The third-order valence-electron chi connectivity index (χ3n) is 2.51. The predicted molar refractivity (Wildman–Crippen MR) is 59.5 cm³/mol. The zero-order chi connectivity index (χ0) is 11.7. The number of fused-ring (bicyclic) bond motifs is 1. The molecule has 2 aromatic rings. The van der Waals surface area contributed by atoms with E-state index in [1.54, 1.807) is 12.3 Å². The lowest BCUT2D eigenvalue weighted by Crippen LogP contribution is -2.04. The molecule has 4 nitrogen and oxygen atoms in total. The van der Waals surface area contributed by atoms with Crippen LogP contribution in [0.1, 0.15) is 16.1 Å². The highest BCUT2D eigenvalue weighted by Crippen LogP contribution is 2.28. The topological polar surface area (TPSA) is 59.4 Å². The van der Waals surface area contributed by atoms with Crippen LogP contribution in [0.2, 0.25) is 0 Å². The number of hydrogen-bond donors (Lipinski definition) is 1. The van der Waals surface area contributed by atoms with Crippen molar-refractivity contribution < 1.29 is 14.6 Å². The van der Waals surface area contributed by atoms with Crippen LogP contribution < -0.4 is 0 Å². The minimum Gasteiger partial charge on any atom is -0.505 e. The molecule has 2 rings (SSSR count). The third-order valence-corrected chi connectivity index (χ3v) is 2.51. The number of esters is 1. The maximum absolute atomic E-state index is 11.3. The van der Waals surface area contributed by atoms with Crippen molar-refractivity contribution in [1.82, 2.24) is 4.98 Å². The van der Waals surface area contributed by atoms with Gasteiger partial charge in [-0.3, -0.25) is 0 Å². The van der Waals surface area contributed by atoms with Gasteiger partial charge in [0.05, 0.1) is 7.11 Å². The summed E-state index contributed by atoms with van der Waals surface area (Å²) >= 11 is 0. The number of carbonyl (C=O) groups excluding carboxylic acids is 1. The molecule has 1 heterocycles. The predicted octanol–water partition coefficient (Wildman–Crippen LogP) is 2.04. The lowest BCUT2D eigenvalue weighted by molar-refractivity contribution is 0.0591. The second-order valence-electron chi connectivity index (χ2n) is 3.48. The van der Waals surface area contributed by atoms with Crippen LogP contribution in [0.3, 0.4) is 0 Å². The van der Waals surface area contributed by atoms with Gasteiger partial charge >= 0.3 is 5.97 Å². The highest BCUT2D eigenvalue weighted by Gasteiger charge is 2.16. The Bertz CT molecular complexity index is 563. The molecule has 0 amide bonds. The molecule has 1 aromatic heterocycles. The van der Waals surface area contributed by atoms with Crippen LogP contribution in [0.15, 0.2) is 24.4 Å². The van der Waals surface area contributed by atoms with Crippen molar-refractivity contribution >= 4 is 16.7 Å². The van der Waals surface area contributed by atoms with Crippen LogP contribution in [0, 0.1) is 6.92 Å². The van der Waals surface area contributed by atoms with Gasteiger partial charge in [0.2, 0.25) is 0 Å². The Kier molecular flexibility index (Phi) is 2.48. The second-order valence-corrected chi connectivity index (χ2v) is 3.48. The Labute approximate surface area is 92.5 Å². The van der Waals surface area contributed by atoms with E-state index in [1.165, 1.54) is 7.11 Å². The van der Waals surface area contributed by atoms with Crippen LogP contribution >= 0.6 is 0 Å². The number of rotatable bonds is 1. The molecule has 0 saturated heterocycles. The summed E-state index contributed by atoms with van der Waals surface area (Å²) in [6.45, 7) is 1.92. The lowest BCUT2D eigenvalue weighted by Gasteiger charge is -2.06. The van der Waals surface area contributed by atoms with Gasteiger partial charge in [0, 0.05) is 17.0 Å². The van der Waals surface area contributed by atoms with Crippen molar-refractivity contribution in [2.75, 3.05) is 7.11 Å². The van der Waals surface area contributed by atoms with Crippen LogP contribution in [0.4, 0.5) is 0 Å². The quantitative estimate of drug-likeness (QED) is 0.742. The number of aryl methyl sites for hydroxylation is 1. The number of carbonyl (C=O) groups is 1. The molecule has 0 aliphatic carbocycles. The van der Waals surface area contributed by atoms with Crippen molar-refractivity contribution in [3.05, 3.63) is 35.7 Å². The molecule has 0 atom stereocenters. The van der Waals surface area contributed by atoms with Gasteiger partial charge in [-0.05, 0) is 12.5 Å². The summed E-state index contributed by atoms with van der Waals surface area (Å²) in [7, 11) is 1.25. The van der Waals surface area contributed by atoms with Gasteiger partial charge in [-0.25, -0.2) is 9.78 Å². The van der Waals surface area contributed by atoms with Crippen molar-refractivity contribution in [3.63, 3.8) is 0 Å². The minimum atomic E-state index is -0.638. The van der Waals surface area contributed by atoms with Crippen LogP contribution in [0.5, 0.6) is 5.75 Å². The standard InChI is InChI=1S/C12H11NO3/c1-7-4-3-5-8-9(7)6-13-10(11(8)14)12(15)16-2/h3-6,14H,1-2H3. The van der Waals surface area contributed by atoms with Crippen molar-refractivity contribution in [2.24, 2.45) is 0 Å². The molecular formula is C12H11NO3. The summed E-state index contributed by atoms with van der Waals surface area (Å²) in [6, 6.07) is 5.48. The van der Waals surface area contributed by atoms with Crippen molar-refractivity contribution in [3.8, 4) is 5.75 Å². The summed E-state index contributed by atoms with van der Waals surface area (Å²) in [4.78, 5) is 15.2. The number of benzene rings is 1. The summed E-state index contributed by atoms with van der Waals surface area (Å²) in [5, 5.41) is 11.3. The Morgan fingerprint density at radius 2 is 2.12 bits per heavy atom. The first-order chi connectivity index (χ1) is 7.65. The van der Waals surface area contributed by atoms with Crippen molar-refractivity contribution in [2.45, 2.75) is 6.92 Å². The van der Waals surface area contributed by atoms with Gasteiger partial charge in [0.25, 0.3) is 0 Å². The molecule has 0 unspecified atom stereocenters. The average Bonchev–Trinajstić information content (AvgIpc) is 2.30. The van der Waals surface area contributed by atoms with Crippen LogP contribution in [0.25, 0.3) is 10.8 Å². The SMILES string of the molecule is COC(=O)c1ncc2c(C)cccc2c1O. The van der Waals surface area contributed by atoms with Gasteiger partial charge in [0.15, 0.2) is 11.4 Å². The Hall–Kier alpha value is -2.10. The maximum atomic E-state index is 11.3. The third kappa shape index (κ3) is 1.48. The number of pyridine rings is 1. The number of aromatic nitrogens is 1. The lowest BCUT2D eigenvalue weighted by atomic mass is 10.1. The Balaban J connectivity index is 2.75. The molecule has 0 bridgehead atoms. The van der Waals surface area contributed by atoms with Gasteiger partial charge < -0.3 is 9.84 Å². The summed E-state index contributed by atoms with van der Waals surface area (Å²) < 4.78 is 4.53. The van der Waals surface area contributed by atoms with E-state index in [2.05, 4.69) is 9.72 Å². The average molecular weight is 217 g/mol. The molecule has 0 spiro atoms. The second kappa shape index (κ2) is 3.81. The van der Waals surface area contributed by atoms with Crippen LogP contribution in [-0.4, -0.2) is 23.2 Å². The first kappa shape index (κ1) is 10.4. The summed E-state index contributed by atoms with van der Waals surface area (Å²) in [6.07, 6.45) is 1.57. The van der Waals surface area contributed by atoms with E-state index in [4.69, 9.17) is 0 Å². The molecular weight excluding hydrogens is 206 g/mol. The zero-order valence-electron chi connectivity index (χ0n) is 9.02. The number of hydrogen-bond acceptors (Lipinski definition) is 4. The normalized spacial score (nSPS) is 10.4. The van der Waals surface area contributed by atoms with E-state index in [9.17, 15) is 9.90 Å². The maximum Gasteiger partial charge on any atom is 0.360 e.